The highest BCUT2D eigenvalue weighted by Gasteiger charge is 2.29. The number of rotatable bonds is 4. The summed E-state index contributed by atoms with van der Waals surface area (Å²) >= 11 is 0. The number of amides is 1. The van der Waals surface area contributed by atoms with E-state index in [1.807, 2.05) is 0 Å². The van der Waals surface area contributed by atoms with Crippen LogP contribution in [0.2, 0.25) is 1.41 Å². The van der Waals surface area contributed by atoms with E-state index < -0.39 is 0 Å². The van der Waals surface area contributed by atoms with Crippen molar-refractivity contribution >= 4 is 5.91 Å². The van der Waals surface area contributed by atoms with Crippen LogP contribution >= 0.6 is 0 Å². The highest BCUT2D eigenvalue weighted by atomic mass is 16.5. The summed E-state index contributed by atoms with van der Waals surface area (Å²) in [7, 11) is 0. The maximum atomic E-state index is 11.5. The molecule has 1 aromatic carbocycles. The normalized spacial score (nSPS) is 20.5. The lowest BCUT2D eigenvalue weighted by atomic mass is 9.92. The molecular formula is C16H21NO2. The second-order valence-corrected chi connectivity index (χ2v) is 5.37. The molecule has 1 aliphatic heterocycles. The van der Waals surface area contributed by atoms with Gasteiger partial charge in [-0.05, 0) is 42.4 Å². The third kappa shape index (κ3) is 2.34. The van der Waals surface area contributed by atoms with Crippen molar-refractivity contribution in [2.24, 2.45) is 0 Å². The molecule has 1 aliphatic carbocycles. The molecule has 0 fully saturated rings. The molecule has 1 amide bonds. The van der Waals surface area contributed by atoms with E-state index in [4.69, 9.17) is 6.15 Å². The third-order valence-electron chi connectivity index (χ3n) is 4.25. The summed E-state index contributed by atoms with van der Waals surface area (Å²) < 4.78 is 13.4. The zero-order chi connectivity index (χ0) is 14.1. The lowest BCUT2D eigenvalue weighted by Gasteiger charge is -2.15. The highest BCUT2D eigenvalue weighted by Crippen LogP contribution is 2.42. The zero-order valence-corrected chi connectivity index (χ0v) is 11.4. The molecule has 1 atom stereocenters. The topological polar surface area (TPSA) is 38.3 Å². The molecule has 1 aromatic rings. The summed E-state index contributed by atoms with van der Waals surface area (Å²) in [5.41, 5.74) is 4.28. The van der Waals surface area contributed by atoms with Crippen LogP contribution in [0.1, 0.15) is 48.8 Å². The van der Waals surface area contributed by atoms with Crippen molar-refractivity contribution in [1.29, 1.82) is 0 Å². The van der Waals surface area contributed by atoms with E-state index in [0.29, 0.717) is 18.9 Å². The monoisotopic (exact) mass is 260 g/mol. The number of hydrogen-bond acceptors (Lipinski definition) is 2. The molecule has 2 aliphatic rings. The smallest absolute Gasteiger partial charge is 0.219 e. The standard InChI is InChI=1S/C16H21NO2/c1-2-15(18)17-9-7-12-4-3-11-5-6-14-13(16(11)12)8-10-19-14/h5-6,12H,2-4,7-10H2,1H3,(H,17,18)/t12-/m0/s1/i/hD. The van der Waals surface area contributed by atoms with E-state index in [1.165, 1.54) is 16.7 Å². The van der Waals surface area contributed by atoms with Crippen LogP contribution in [-0.4, -0.2) is 19.1 Å². The summed E-state index contributed by atoms with van der Waals surface area (Å²) in [6.45, 7) is 3.12. The van der Waals surface area contributed by atoms with Gasteiger partial charge in [-0.25, -0.2) is 0 Å². The molecule has 0 saturated heterocycles. The summed E-state index contributed by atoms with van der Waals surface area (Å²) in [5, 5.41) is 1.12. The van der Waals surface area contributed by atoms with Crippen LogP contribution in [0.5, 0.6) is 5.75 Å². The largest absolute Gasteiger partial charge is 0.493 e. The van der Waals surface area contributed by atoms with Crippen LogP contribution in [0.4, 0.5) is 0 Å². The molecule has 0 aromatic heterocycles. The molecular weight excluding hydrogens is 238 g/mol. The van der Waals surface area contributed by atoms with Gasteiger partial charge in [-0.2, -0.15) is 0 Å². The van der Waals surface area contributed by atoms with Crippen molar-refractivity contribution in [3.05, 3.63) is 28.8 Å². The Morgan fingerprint density at radius 3 is 3.26 bits per heavy atom. The Balaban J connectivity index is 1.73. The van der Waals surface area contributed by atoms with Crippen molar-refractivity contribution in [2.75, 3.05) is 13.2 Å². The van der Waals surface area contributed by atoms with Gasteiger partial charge in [0.1, 0.15) is 5.75 Å². The van der Waals surface area contributed by atoms with Gasteiger partial charge in [0.2, 0.25) is 5.91 Å². The minimum Gasteiger partial charge on any atom is -0.493 e. The summed E-state index contributed by atoms with van der Waals surface area (Å²) in [4.78, 5) is 11.5. The molecule has 0 radical (unpaired) electrons. The second-order valence-electron chi connectivity index (χ2n) is 5.37. The zero-order valence-electron chi connectivity index (χ0n) is 12.4. The first kappa shape index (κ1) is 11.3. The van der Waals surface area contributed by atoms with Crippen molar-refractivity contribution in [3.8, 4) is 5.75 Å². The number of aryl methyl sites for hydroxylation is 1. The van der Waals surface area contributed by atoms with E-state index >= 15 is 0 Å². The average molecular weight is 260 g/mol. The summed E-state index contributed by atoms with van der Waals surface area (Å²) in [5.74, 6) is 1.44. The van der Waals surface area contributed by atoms with Crippen LogP contribution in [-0.2, 0) is 17.6 Å². The van der Waals surface area contributed by atoms with E-state index in [9.17, 15) is 4.79 Å². The average Bonchev–Trinajstić information content (AvgIpc) is 3.09. The van der Waals surface area contributed by atoms with Gasteiger partial charge in [0.25, 0.3) is 0 Å². The molecule has 19 heavy (non-hydrogen) atoms. The van der Waals surface area contributed by atoms with Gasteiger partial charge in [0, 0.05) is 24.9 Å². The van der Waals surface area contributed by atoms with Gasteiger partial charge in [-0.15, -0.1) is 0 Å². The molecule has 0 spiro atoms. The summed E-state index contributed by atoms with van der Waals surface area (Å²) in [6.07, 6.45) is 4.56. The Hall–Kier alpha value is -1.51. The molecule has 0 unspecified atom stereocenters. The van der Waals surface area contributed by atoms with Crippen LogP contribution in [0.15, 0.2) is 12.1 Å². The minimum absolute atomic E-state index is 0.0927. The Morgan fingerprint density at radius 2 is 2.42 bits per heavy atom. The van der Waals surface area contributed by atoms with Gasteiger partial charge < -0.3 is 10.0 Å². The summed E-state index contributed by atoms with van der Waals surface area (Å²) in [6, 6.07) is 4.29. The fraction of sp³-hybridized carbons (Fsp3) is 0.562. The predicted molar refractivity (Wildman–Crippen MR) is 74.6 cm³/mol. The lowest BCUT2D eigenvalue weighted by Crippen LogP contribution is -2.24. The van der Waals surface area contributed by atoms with Crippen molar-refractivity contribution in [1.82, 2.24) is 5.31 Å². The SMILES string of the molecule is [2H]N(CC[C@@H]1CCc2ccc3c(c21)CCO3)C(=O)CC. The fourth-order valence-corrected chi connectivity index (χ4v) is 3.30. The van der Waals surface area contributed by atoms with Crippen LogP contribution in [0.3, 0.4) is 0 Å². The molecule has 3 nitrogen and oxygen atoms in total. The first-order chi connectivity index (χ1) is 9.70. The van der Waals surface area contributed by atoms with E-state index in [1.54, 1.807) is 6.92 Å². The van der Waals surface area contributed by atoms with Gasteiger partial charge >= 0.3 is 0 Å². The molecule has 102 valence electrons. The highest BCUT2D eigenvalue weighted by molar-refractivity contribution is 5.75. The lowest BCUT2D eigenvalue weighted by molar-refractivity contribution is -0.120. The van der Waals surface area contributed by atoms with Crippen molar-refractivity contribution < 1.29 is 10.9 Å². The van der Waals surface area contributed by atoms with Crippen LogP contribution in [0, 0.1) is 0 Å². The van der Waals surface area contributed by atoms with Crippen LogP contribution in [0.25, 0.3) is 0 Å². The van der Waals surface area contributed by atoms with Crippen LogP contribution < -0.4 is 10.0 Å². The van der Waals surface area contributed by atoms with E-state index in [2.05, 4.69) is 12.1 Å². The third-order valence-corrected chi connectivity index (χ3v) is 4.25. The molecule has 1 heterocycles. The number of benzene rings is 1. The Morgan fingerprint density at radius 1 is 1.53 bits per heavy atom. The fourth-order valence-electron chi connectivity index (χ4n) is 3.30. The number of carbonyl (C=O) groups excluding carboxylic acids is 1. The Labute approximate surface area is 115 Å². The quantitative estimate of drug-likeness (QED) is 0.903. The van der Waals surface area contributed by atoms with Crippen molar-refractivity contribution in [2.45, 2.75) is 44.9 Å². The molecule has 3 rings (SSSR count). The Kier molecular flexibility index (Phi) is 3.12. The van der Waals surface area contributed by atoms with Gasteiger partial charge in [-0.3, -0.25) is 4.79 Å². The number of hydrogen-bond donors (Lipinski definition) is 1. The van der Waals surface area contributed by atoms with Gasteiger partial charge in [0.05, 0.1) is 6.61 Å². The first-order valence-corrected chi connectivity index (χ1v) is 7.27. The molecule has 0 bridgehead atoms. The molecule has 3 heteroatoms. The maximum absolute atomic E-state index is 11.5. The number of nitrogens with one attached hydrogen (secondary N) is 1. The van der Waals surface area contributed by atoms with Gasteiger partial charge in [0.15, 0.2) is 1.41 Å². The number of fused-ring (bicyclic) bond motifs is 3. The minimum atomic E-state index is -0.0927. The van der Waals surface area contributed by atoms with E-state index in [0.717, 1.165) is 43.3 Å². The number of ether oxygens (including phenoxy) is 1. The second kappa shape index (κ2) is 5.24. The van der Waals surface area contributed by atoms with Gasteiger partial charge in [-0.1, -0.05) is 13.0 Å². The van der Waals surface area contributed by atoms with E-state index in [-0.39, 0.29) is 5.91 Å². The predicted octanol–water partition coefficient (Wildman–Crippen LogP) is 2.57. The maximum Gasteiger partial charge on any atom is 0.219 e. The Bertz CT molecular complexity index is 529. The van der Waals surface area contributed by atoms with Crippen molar-refractivity contribution in [3.63, 3.8) is 0 Å². The molecule has 0 saturated carbocycles. The molecule has 1 N–H and O–H groups in total. The number of carbonyl (C=O) groups is 1. The first-order valence-electron chi connectivity index (χ1n) is 7.72.